The van der Waals surface area contributed by atoms with Gasteiger partial charge < -0.3 is 10.2 Å². The fourth-order valence-electron chi connectivity index (χ4n) is 2.58. The van der Waals surface area contributed by atoms with Crippen LogP contribution in [0.2, 0.25) is 5.02 Å². The highest BCUT2D eigenvalue weighted by Gasteiger charge is 2.31. The van der Waals surface area contributed by atoms with E-state index in [2.05, 4.69) is 21.2 Å². The first-order valence-electron chi connectivity index (χ1n) is 7.16. The van der Waals surface area contributed by atoms with E-state index in [4.69, 9.17) is 11.6 Å². The Hall–Kier alpha value is -1.85. The smallest absolute Gasteiger partial charge is 0.252 e. The lowest BCUT2D eigenvalue weighted by molar-refractivity contribution is -0.117. The van der Waals surface area contributed by atoms with Crippen LogP contribution in [0.25, 0.3) is 0 Å². The van der Waals surface area contributed by atoms with Gasteiger partial charge in [-0.25, -0.2) is 0 Å². The maximum Gasteiger partial charge on any atom is 0.252 e. The molecular weight excluding hydrogens is 380 g/mol. The predicted molar refractivity (Wildman–Crippen MR) is 93.8 cm³/mol. The lowest BCUT2D eigenvalue weighted by Gasteiger charge is -2.17. The average molecular weight is 394 g/mol. The molecule has 23 heavy (non-hydrogen) atoms. The van der Waals surface area contributed by atoms with Gasteiger partial charge in [-0.1, -0.05) is 23.7 Å². The van der Waals surface area contributed by atoms with Gasteiger partial charge >= 0.3 is 0 Å². The minimum atomic E-state index is -0.210. The van der Waals surface area contributed by atoms with Crippen molar-refractivity contribution < 1.29 is 9.59 Å². The molecule has 1 heterocycles. The monoisotopic (exact) mass is 392 g/mol. The molecule has 2 aromatic rings. The molecule has 0 bridgehead atoms. The van der Waals surface area contributed by atoms with Crippen LogP contribution in [0.1, 0.15) is 16.8 Å². The second kappa shape index (κ2) is 6.72. The standard InChI is InChI=1S/C17H14BrClN2O2/c18-15-4-2-1-3-14(15)17(23)20-12-9-16(22)21(10-12)13-7-5-11(19)6-8-13/h1-8,12H,9-10H2,(H,20,23)/t12-/m1/s1. The van der Waals surface area contributed by atoms with Gasteiger partial charge in [0.15, 0.2) is 0 Å². The Morgan fingerprint density at radius 1 is 1.17 bits per heavy atom. The van der Waals surface area contributed by atoms with Crippen molar-refractivity contribution in [3.63, 3.8) is 0 Å². The molecular formula is C17H14BrClN2O2. The van der Waals surface area contributed by atoms with E-state index in [0.717, 1.165) is 10.2 Å². The molecule has 0 aromatic heterocycles. The molecule has 4 nitrogen and oxygen atoms in total. The average Bonchev–Trinajstić information content (AvgIpc) is 2.89. The Balaban J connectivity index is 1.69. The largest absolute Gasteiger partial charge is 0.347 e. The highest BCUT2D eigenvalue weighted by Crippen LogP contribution is 2.24. The van der Waals surface area contributed by atoms with Crippen LogP contribution in [0.5, 0.6) is 0 Å². The summed E-state index contributed by atoms with van der Waals surface area (Å²) in [5.41, 5.74) is 1.35. The maximum atomic E-state index is 12.3. The first kappa shape index (κ1) is 16.0. The summed E-state index contributed by atoms with van der Waals surface area (Å²) in [6.45, 7) is 0.455. The van der Waals surface area contributed by atoms with E-state index >= 15 is 0 Å². The van der Waals surface area contributed by atoms with Gasteiger partial charge in [0.25, 0.3) is 5.91 Å². The number of hydrogen-bond donors (Lipinski definition) is 1. The molecule has 1 atom stereocenters. The predicted octanol–water partition coefficient (Wildman–Crippen LogP) is 3.64. The second-order valence-corrected chi connectivity index (χ2v) is 6.63. The summed E-state index contributed by atoms with van der Waals surface area (Å²) in [6.07, 6.45) is 0.290. The van der Waals surface area contributed by atoms with Gasteiger partial charge in [-0.15, -0.1) is 0 Å². The SMILES string of the molecule is O=C(N[C@@H]1CC(=O)N(c2ccc(Cl)cc2)C1)c1ccccc1Br. The number of hydrogen-bond acceptors (Lipinski definition) is 2. The Bertz CT molecular complexity index is 749. The summed E-state index contributed by atoms with van der Waals surface area (Å²) in [5, 5.41) is 3.54. The number of nitrogens with one attached hydrogen (secondary N) is 1. The summed E-state index contributed by atoms with van der Waals surface area (Å²) in [7, 11) is 0. The summed E-state index contributed by atoms with van der Waals surface area (Å²) in [6, 6.07) is 14.1. The van der Waals surface area contributed by atoms with E-state index in [0.29, 0.717) is 23.6 Å². The fraction of sp³-hybridized carbons (Fsp3) is 0.176. The highest BCUT2D eigenvalue weighted by atomic mass is 79.9. The number of carbonyl (C=O) groups is 2. The molecule has 1 aliphatic rings. The molecule has 118 valence electrons. The van der Waals surface area contributed by atoms with Crippen LogP contribution in [-0.2, 0) is 4.79 Å². The zero-order valence-corrected chi connectivity index (χ0v) is 14.5. The minimum absolute atomic E-state index is 0.00949. The van der Waals surface area contributed by atoms with Gasteiger partial charge in [-0.2, -0.15) is 0 Å². The third kappa shape index (κ3) is 3.57. The molecule has 1 fully saturated rings. The van der Waals surface area contributed by atoms with Crippen LogP contribution >= 0.6 is 27.5 Å². The molecule has 0 spiro atoms. The summed E-state index contributed by atoms with van der Waals surface area (Å²) in [5.74, 6) is -0.196. The normalized spacial score (nSPS) is 17.4. The molecule has 0 radical (unpaired) electrons. The van der Waals surface area contributed by atoms with Crippen molar-refractivity contribution in [2.75, 3.05) is 11.4 Å². The molecule has 6 heteroatoms. The summed E-state index contributed by atoms with van der Waals surface area (Å²) < 4.78 is 0.733. The van der Waals surface area contributed by atoms with Crippen LogP contribution < -0.4 is 10.2 Å². The van der Waals surface area contributed by atoms with Crippen molar-refractivity contribution >= 4 is 45.0 Å². The van der Waals surface area contributed by atoms with Gasteiger partial charge in [-0.05, 0) is 52.3 Å². The van der Waals surface area contributed by atoms with E-state index in [1.165, 1.54) is 0 Å². The minimum Gasteiger partial charge on any atom is -0.347 e. The fourth-order valence-corrected chi connectivity index (χ4v) is 3.17. The number of anilines is 1. The number of amides is 2. The van der Waals surface area contributed by atoms with Gasteiger partial charge in [-0.3, -0.25) is 9.59 Å². The number of halogens is 2. The van der Waals surface area contributed by atoms with Gasteiger partial charge in [0.2, 0.25) is 5.91 Å². The van der Waals surface area contributed by atoms with E-state index in [-0.39, 0.29) is 17.9 Å². The van der Waals surface area contributed by atoms with Crippen molar-refractivity contribution in [3.8, 4) is 0 Å². The zero-order chi connectivity index (χ0) is 16.4. The Morgan fingerprint density at radius 3 is 2.57 bits per heavy atom. The molecule has 3 rings (SSSR count). The van der Waals surface area contributed by atoms with Gasteiger partial charge in [0.05, 0.1) is 11.6 Å². The molecule has 2 amide bonds. The lowest BCUT2D eigenvalue weighted by atomic mass is 10.2. The van der Waals surface area contributed by atoms with Crippen molar-refractivity contribution in [2.45, 2.75) is 12.5 Å². The van der Waals surface area contributed by atoms with Crippen LogP contribution in [0, 0.1) is 0 Å². The van der Waals surface area contributed by atoms with Crippen LogP contribution in [-0.4, -0.2) is 24.4 Å². The molecule has 2 aromatic carbocycles. The number of rotatable bonds is 3. The van der Waals surface area contributed by atoms with E-state index in [9.17, 15) is 9.59 Å². The first-order valence-corrected chi connectivity index (χ1v) is 8.33. The van der Waals surface area contributed by atoms with Crippen LogP contribution in [0.15, 0.2) is 53.0 Å². The molecule has 1 N–H and O–H groups in total. The van der Waals surface area contributed by atoms with Crippen LogP contribution in [0.4, 0.5) is 5.69 Å². The zero-order valence-electron chi connectivity index (χ0n) is 12.1. The van der Waals surface area contributed by atoms with Gasteiger partial charge in [0.1, 0.15) is 0 Å². The van der Waals surface area contributed by atoms with Crippen molar-refractivity contribution in [1.82, 2.24) is 5.32 Å². The maximum absolute atomic E-state index is 12.3. The van der Waals surface area contributed by atoms with E-state index in [1.807, 2.05) is 12.1 Å². The lowest BCUT2D eigenvalue weighted by Crippen LogP contribution is -2.37. The number of carbonyl (C=O) groups excluding carboxylic acids is 2. The summed E-state index contributed by atoms with van der Waals surface area (Å²) in [4.78, 5) is 26.2. The molecule has 1 saturated heterocycles. The Morgan fingerprint density at radius 2 is 1.87 bits per heavy atom. The topological polar surface area (TPSA) is 49.4 Å². The van der Waals surface area contributed by atoms with Gasteiger partial charge in [0, 0.05) is 28.1 Å². The molecule has 0 unspecified atom stereocenters. The third-order valence-electron chi connectivity index (χ3n) is 3.72. The quantitative estimate of drug-likeness (QED) is 0.865. The number of nitrogens with zero attached hydrogens (tertiary/aromatic N) is 1. The second-order valence-electron chi connectivity index (χ2n) is 5.34. The first-order chi connectivity index (χ1) is 11.0. The molecule has 0 aliphatic carbocycles. The Labute approximate surface area is 147 Å². The highest BCUT2D eigenvalue weighted by molar-refractivity contribution is 9.10. The van der Waals surface area contributed by atoms with Crippen LogP contribution in [0.3, 0.4) is 0 Å². The van der Waals surface area contributed by atoms with Crippen molar-refractivity contribution in [1.29, 1.82) is 0 Å². The Kier molecular flexibility index (Phi) is 4.68. The van der Waals surface area contributed by atoms with E-state index in [1.54, 1.807) is 41.3 Å². The summed E-state index contributed by atoms with van der Waals surface area (Å²) >= 11 is 9.23. The number of benzene rings is 2. The van der Waals surface area contributed by atoms with Crippen molar-refractivity contribution in [3.05, 3.63) is 63.6 Å². The van der Waals surface area contributed by atoms with E-state index < -0.39 is 0 Å². The molecule has 1 aliphatic heterocycles. The van der Waals surface area contributed by atoms with Crippen molar-refractivity contribution in [2.24, 2.45) is 0 Å². The third-order valence-corrected chi connectivity index (χ3v) is 4.66. The molecule has 0 saturated carbocycles.